The molecule has 2 saturated heterocycles. The molecular weight excluding hydrogens is 254 g/mol. The first-order chi connectivity index (χ1) is 8.50. The summed E-state index contributed by atoms with van der Waals surface area (Å²) in [5, 5.41) is 9.09. The Kier molecular flexibility index (Phi) is 4.01. The van der Waals surface area contributed by atoms with Gasteiger partial charge >= 0.3 is 12.0 Å². The maximum Gasteiger partial charge on any atom is 0.327 e. The molecule has 0 bridgehead atoms. The Morgan fingerprint density at radius 3 is 2.67 bits per heavy atom. The third-order valence-corrected chi connectivity index (χ3v) is 4.66. The van der Waals surface area contributed by atoms with Gasteiger partial charge in [-0.15, -0.1) is 11.8 Å². The monoisotopic (exact) mass is 273 g/mol. The molecule has 1 N–H and O–H groups in total. The second kappa shape index (κ2) is 5.36. The van der Waals surface area contributed by atoms with Crippen LogP contribution in [0.4, 0.5) is 4.79 Å². The number of aliphatic carboxylic acids is 1. The van der Waals surface area contributed by atoms with Crippen molar-refractivity contribution in [3.63, 3.8) is 0 Å². The number of hydrogen-bond acceptors (Lipinski definition) is 4. The van der Waals surface area contributed by atoms with Gasteiger partial charge in [0, 0.05) is 31.4 Å². The minimum absolute atomic E-state index is 0.132. The van der Waals surface area contributed by atoms with Gasteiger partial charge in [-0.1, -0.05) is 0 Å². The normalized spacial score (nSPS) is 29.7. The Labute approximate surface area is 111 Å². The van der Waals surface area contributed by atoms with Crippen molar-refractivity contribution in [2.24, 2.45) is 0 Å². The zero-order chi connectivity index (χ0) is 13.3. The molecule has 0 aromatic carbocycles. The number of carboxylic acid groups (broad SMARTS) is 1. The third kappa shape index (κ3) is 2.56. The number of carbonyl (C=O) groups excluding carboxylic acids is 1. The van der Waals surface area contributed by atoms with Gasteiger partial charge < -0.3 is 19.8 Å². The summed E-state index contributed by atoms with van der Waals surface area (Å²) >= 11 is 1.50. The molecule has 6 nitrogen and oxygen atoms in total. The molecule has 2 atom stereocenters. The lowest BCUT2D eigenvalue weighted by Gasteiger charge is -2.39. The molecule has 0 spiro atoms. The zero-order valence-electron chi connectivity index (χ0n) is 10.7. The van der Waals surface area contributed by atoms with E-state index in [1.165, 1.54) is 16.7 Å². The summed E-state index contributed by atoms with van der Waals surface area (Å²) in [6, 6.07) is -0.481. The summed E-state index contributed by atoms with van der Waals surface area (Å²) in [5.41, 5.74) is 0. The van der Waals surface area contributed by atoms with Gasteiger partial charge in [-0.2, -0.15) is 0 Å². The Bertz CT molecular complexity index is 352. The lowest BCUT2D eigenvalue weighted by molar-refractivity contribution is -0.141. The average molecular weight is 273 g/mol. The fourth-order valence-electron chi connectivity index (χ4n) is 2.24. The van der Waals surface area contributed by atoms with Crippen LogP contribution in [0.1, 0.15) is 6.92 Å². The van der Waals surface area contributed by atoms with Crippen LogP contribution in [0.2, 0.25) is 0 Å². The van der Waals surface area contributed by atoms with E-state index in [0.717, 1.165) is 6.54 Å². The number of carbonyl (C=O) groups is 2. The van der Waals surface area contributed by atoms with Gasteiger partial charge in [0.2, 0.25) is 0 Å². The summed E-state index contributed by atoms with van der Waals surface area (Å²) in [5.74, 6) is 0.0662. The minimum atomic E-state index is -0.907. The fourth-order valence-corrected chi connectivity index (χ4v) is 3.38. The van der Waals surface area contributed by atoms with Crippen molar-refractivity contribution in [1.29, 1.82) is 0 Å². The van der Waals surface area contributed by atoms with Gasteiger partial charge in [0.1, 0.15) is 6.04 Å². The number of hydrogen-bond donors (Lipinski definition) is 1. The Hall–Kier alpha value is -0.950. The quantitative estimate of drug-likeness (QED) is 0.739. The first-order valence-corrected chi connectivity index (χ1v) is 7.22. The fraction of sp³-hybridized carbons (Fsp3) is 0.818. The number of amides is 2. The van der Waals surface area contributed by atoms with Crippen LogP contribution < -0.4 is 0 Å². The molecule has 2 amide bonds. The summed E-state index contributed by atoms with van der Waals surface area (Å²) in [6.07, 6.45) is 0. The molecule has 7 heteroatoms. The van der Waals surface area contributed by atoms with Gasteiger partial charge in [0.05, 0.1) is 5.88 Å². The SMILES string of the molecule is CC1CN(C(=O)N2CSC[C@H]2C(=O)O)CCN1C. The highest BCUT2D eigenvalue weighted by Crippen LogP contribution is 2.23. The van der Waals surface area contributed by atoms with Gasteiger partial charge in [-0.25, -0.2) is 9.59 Å². The topological polar surface area (TPSA) is 64.1 Å². The first-order valence-electron chi connectivity index (χ1n) is 6.07. The Morgan fingerprint density at radius 1 is 1.33 bits per heavy atom. The molecule has 2 aliphatic heterocycles. The van der Waals surface area contributed by atoms with Crippen molar-refractivity contribution < 1.29 is 14.7 Å². The minimum Gasteiger partial charge on any atom is -0.480 e. The predicted molar refractivity (Wildman–Crippen MR) is 69.6 cm³/mol. The van der Waals surface area contributed by atoms with Crippen molar-refractivity contribution >= 4 is 23.8 Å². The summed E-state index contributed by atoms with van der Waals surface area (Å²) in [4.78, 5) is 28.9. The summed E-state index contributed by atoms with van der Waals surface area (Å²) in [6.45, 7) is 4.26. The maximum absolute atomic E-state index is 12.3. The number of piperazine rings is 1. The van der Waals surface area contributed by atoms with Crippen LogP contribution in [0.5, 0.6) is 0 Å². The van der Waals surface area contributed by atoms with E-state index in [1.54, 1.807) is 4.90 Å². The van der Waals surface area contributed by atoms with E-state index < -0.39 is 12.0 Å². The lowest BCUT2D eigenvalue weighted by Crippen LogP contribution is -2.57. The molecule has 1 unspecified atom stereocenters. The van der Waals surface area contributed by atoms with Crippen molar-refractivity contribution in [3.8, 4) is 0 Å². The molecule has 102 valence electrons. The molecule has 0 aromatic heterocycles. The molecular formula is C11H19N3O3S. The molecule has 2 heterocycles. The highest BCUT2D eigenvalue weighted by atomic mass is 32.2. The number of urea groups is 1. The molecule has 0 saturated carbocycles. The van der Waals surface area contributed by atoms with E-state index >= 15 is 0 Å². The average Bonchev–Trinajstić information content (AvgIpc) is 2.81. The van der Waals surface area contributed by atoms with E-state index in [4.69, 9.17) is 5.11 Å². The largest absolute Gasteiger partial charge is 0.480 e. The van der Waals surface area contributed by atoms with Crippen LogP contribution in [0.15, 0.2) is 0 Å². The number of rotatable bonds is 1. The zero-order valence-corrected chi connectivity index (χ0v) is 11.5. The van der Waals surface area contributed by atoms with E-state index in [1.807, 2.05) is 7.05 Å². The van der Waals surface area contributed by atoms with Crippen LogP contribution >= 0.6 is 11.8 Å². The Balaban J connectivity index is 2.01. The third-order valence-electron chi connectivity index (χ3n) is 3.64. The van der Waals surface area contributed by atoms with E-state index in [-0.39, 0.29) is 6.03 Å². The van der Waals surface area contributed by atoms with Crippen LogP contribution in [0.25, 0.3) is 0 Å². The van der Waals surface area contributed by atoms with Crippen LogP contribution in [0, 0.1) is 0 Å². The second-order valence-corrected chi connectivity index (χ2v) is 5.88. The van der Waals surface area contributed by atoms with E-state index in [9.17, 15) is 9.59 Å². The predicted octanol–water partition coefficient (Wildman–Crippen LogP) is 0.202. The van der Waals surface area contributed by atoms with E-state index in [0.29, 0.717) is 30.8 Å². The highest BCUT2D eigenvalue weighted by Gasteiger charge is 2.38. The molecule has 0 aliphatic carbocycles. The van der Waals surface area contributed by atoms with Crippen molar-refractivity contribution in [2.75, 3.05) is 38.3 Å². The standard InChI is InChI=1S/C11H19N3O3S/c1-8-5-13(4-3-12(8)2)11(17)14-7-18-6-9(14)10(15)16/h8-9H,3-7H2,1-2H3,(H,15,16)/t8?,9-/m0/s1. The molecule has 2 rings (SSSR count). The van der Waals surface area contributed by atoms with Crippen molar-refractivity contribution in [2.45, 2.75) is 19.0 Å². The molecule has 2 aliphatic rings. The summed E-state index contributed by atoms with van der Waals surface area (Å²) < 4.78 is 0. The van der Waals surface area contributed by atoms with E-state index in [2.05, 4.69) is 11.8 Å². The van der Waals surface area contributed by atoms with Crippen molar-refractivity contribution in [1.82, 2.24) is 14.7 Å². The highest BCUT2D eigenvalue weighted by molar-refractivity contribution is 7.99. The number of thioether (sulfide) groups is 1. The first kappa shape index (κ1) is 13.5. The van der Waals surface area contributed by atoms with Gasteiger partial charge in [-0.3, -0.25) is 0 Å². The van der Waals surface area contributed by atoms with Crippen LogP contribution in [0.3, 0.4) is 0 Å². The Morgan fingerprint density at radius 2 is 2.06 bits per heavy atom. The van der Waals surface area contributed by atoms with Gasteiger partial charge in [0.15, 0.2) is 0 Å². The molecule has 2 fully saturated rings. The number of nitrogens with zero attached hydrogens (tertiary/aromatic N) is 3. The smallest absolute Gasteiger partial charge is 0.327 e. The number of likely N-dealkylation sites (N-methyl/N-ethyl adjacent to an activating group) is 1. The van der Waals surface area contributed by atoms with Gasteiger partial charge in [0.25, 0.3) is 0 Å². The van der Waals surface area contributed by atoms with Crippen LogP contribution in [-0.2, 0) is 4.79 Å². The molecule has 0 radical (unpaired) electrons. The second-order valence-electron chi connectivity index (χ2n) is 4.88. The summed E-state index contributed by atoms with van der Waals surface area (Å²) in [7, 11) is 2.04. The number of carboxylic acids is 1. The van der Waals surface area contributed by atoms with Crippen molar-refractivity contribution in [3.05, 3.63) is 0 Å². The lowest BCUT2D eigenvalue weighted by atomic mass is 10.2. The molecule has 0 aromatic rings. The van der Waals surface area contributed by atoms with Gasteiger partial charge in [-0.05, 0) is 14.0 Å². The van der Waals surface area contributed by atoms with Crippen LogP contribution in [-0.4, -0.2) is 82.2 Å². The maximum atomic E-state index is 12.3. The molecule has 18 heavy (non-hydrogen) atoms.